The van der Waals surface area contributed by atoms with Crippen LogP contribution in [-0.2, 0) is 4.74 Å². The Morgan fingerprint density at radius 3 is 2.35 bits per heavy atom. The van der Waals surface area contributed by atoms with Gasteiger partial charge in [0.15, 0.2) is 0 Å². The van der Waals surface area contributed by atoms with E-state index in [1.807, 2.05) is 61.5 Å². The average molecular weight is 225 g/mol. The predicted octanol–water partition coefficient (Wildman–Crippen LogP) is 3.72. The summed E-state index contributed by atoms with van der Waals surface area (Å²) in [7, 11) is 0. The van der Waals surface area contributed by atoms with Gasteiger partial charge in [-0.1, -0.05) is 48.5 Å². The van der Waals surface area contributed by atoms with Crippen LogP contribution in [0.5, 0.6) is 0 Å². The molecule has 1 N–H and O–H groups in total. The van der Waals surface area contributed by atoms with Gasteiger partial charge in [-0.3, -0.25) is 5.41 Å². The van der Waals surface area contributed by atoms with Gasteiger partial charge in [-0.25, -0.2) is 0 Å². The minimum Gasteiger partial charge on any atom is -0.478 e. The predicted molar refractivity (Wildman–Crippen MR) is 70.3 cm³/mol. The van der Waals surface area contributed by atoms with E-state index < -0.39 is 0 Å². The highest BCUT2D eigenvalue weighted by molar-refractivity contribution is 5.98. The lowest BCUT2D eigenvalue weighted by molar-refractivity contribution is 0.326. The Morgan fingerprint density at radius 1 is 1.00 bits per heavy atom. The van der Waals surface area contributed by atoms with Crippen LogP contribution in [0.1, 0.15) is 12.5 Å². The summed E-state index contributed by atoms with van der Waals surface area (Å²) >= 11 is 0. The van der Waals surface area contributed by atoms with Crippen LogP contribution in [-0.4, -0.2) is 12.5 Å². The maximum Gasteiger partial charge on any atom is 0.213 e. The normalized spacial score (nSPS) is 9.94. The molecule has 17 heavy (non-hydrogen) atoms. The molecule has 0 unspecified atom stereocenters. The summed E-state index contributed by atoms with van der Waals surface area (Å²) in [4.78, 5) is 0. The molecular formula is C15H15NO. The minimum absolute atomic E-state index is 0.229. The van der Waals surface area contributed by atoms with Crippen molar-refractivity contribution in [3.63, 3.8) is 0 Å². The molecule has 0 aromatic heterocycles. The van der Waals surface area contributed by atoms with Gasteiger partial charge in [-0.2, -0.15) is 0 Å². The molecule has 0 spiro atoms. The van der Waals surface area contributed by atoms with E-state index >= 15 is 0 Å². The van der Waals surface area contributed by atoms with E-state index in [-0.39, 0.29) is 5.90 Å². The molecule has 0 fully saturated rings. The number of ether oxygens (including phenoxy) is 1. The molecule has 0 aliphatic heterocycles. The van der Waals surface area contributed by atoms with Gasteiger partial charge < -0.3 is 4.74 Å². The molecule has 0 radical (unpaired) electrons. The Labute approximate surface area is 101 Å². The van der Waals surface area contributed by atoms with E-state index in [2.05, 4.69) is 0 Å². The molecule has 0 bridgehead atoms. The third-order valence-corrected chi connectivity index (χ3v) is 2.55. The smallest absolute Gasteiger partial charge is 0.213 e. The van der Waals surface area contributed by atoms with E-state index in [0.29, 0.717) is 6.61 Å². The van der Waals surface area contributed by atoms with Crippen LogP contribution >= 0.6 is 0 Å². The molecule has 2 aromatic carbocycles. The van der Waals surface area contributed by atoms with Crippen molar-refractivity contribution in [3.8, 4) is 11.1 Å². The standard InChI is InChI=1S/C15H15NO/c1-2-17-15(16)14-11-7-6-10-13(14)12-8-4-3-5-9-12/h3-11,16H,2H2,1H3. The second kappa shape index (κ2) is 5.30. The second-order valence-corrected chi connectivity index (χ2v) is 3.67. The first kappa shape index (κ1) is 11.4. The number of rotatable bonds is 3. The Kier molecular flexibility index (Phi) is 3.55. The monoisotopic (exact) mass is 225 g/mol. The number of hydrogen-bond acceptors (Lipinski definition) is 2. The SMILES string of the molecule is CCOC(=N)c1ccccc1-c1ccccc1. The molecule has 0 aliphatic carbocycles. The van der Waals surface area contributed by atoms with Crippen molar-refractivity contribution in [1.82, 2.24) is 0 Å². The molecule has 0 aliphatic rings. The Bertz CT molecular complexity index is 505. The quantitative estimate of drug-likeness (QED) is 0.626. The molecule has 86 valence electrons. The zero-order valence-electron chi connectivity index (χ0n) is 9.81. The van der Waals surface area contributed by atoms with Crippen LogP contribution in [0.15, 0.2) is 54.6 Å². The molecule has 0 amide bonds. The number of nitrogens with one attached hydrogen (secondary N) is 1. The molecule has 2 nitrogen and oxygen atoms in total. The van der Waals surface area contributed by atoms with Crippen LogP contribution in [0, 0.1) is 5.41 Å². The van der Waals surface area contributed by atoms with Crippen LogP contribution in [0.3, 0.4) is 0 Å². The van der Waals surface area contributed by atoms with Gasteiger partial charge in [-0.15, -0.1) is 0 Å². The highest BCUT2D eigenvalue weighted by Gasteiger charge is 2.09. The van der Waals surface area contributed by atoms with Gasteiger partial charge in [0.25, 0.3) is 0 Å². The van der Waals surface area contributed by atoms with Gasteiger partial charge in [0.2, 0.25) is 5.90 Å². The van der Waals surface area contributed by atoms with Crippen LogP contribution in [0.2, 0.25) is 0 Å². The lowest BCUT2D eigenvalue weighted by atomic mass is 10.00. The molecular weight excluding hydrogens is 210 g/mol. The fraction of sp³-hybridized carbons (Fsp3) is 0.133. The largest absolute Gasteiger partial charge is 0.478 e. The minimum atomic E-state index is 0.229. The fourth-order valence-corrected chi connectivity index (χ4v) is 1.77. The third kappa shape index (κ3) is 2.53. The first-order chi connectivity index (χ1) is 8.33. The van der Waals surface area contributed by atoms with E-state index in [1.54, 1.807) is 0 Å². The molecule has 2 rings (SSSR count). The molecule has 2 aromatic rings. The lowest BCUT2D eigenvalue weighted by Crippen LogP contribution is -2.06. The van der Waals surface area contributed by atoms with Gasteiger partial charge in [0, 0.05) is 5.56 Å². The summed E-state index contributed by atoms with van der Waals surface area (Å²) in [5.41, 5.74) is 2.97. The molecule has 2 heteroatoms. The Morgan fingerprint density at radius 2 is 1.65 bits per heavy atom. The summed E-state index contributed by atoms with van der Waals surface area (Å²) in [6, 6.07) is 17.9. The summed E-state index contributed by atoms with van der Waals surface area (Å²) in [5, 5.41) is 7.90. The average Bonchev–Trinajstić information content (AvgIpc) is 2.40. The summed E-state index contributed by atoms with van der Waals surface area (Å²) in [5.74, 6) is 0.229. The molecule has 0 saturated carbocycles. The van der Waals surface area contributed by atoms with Crippen LogP contribution in [0.4, 0.5) is 0 Å². The van der Waals surface area contributed by atoms with Gasteiger partial charge in [-0.05, 0) is 24.1 Å². The topological polar surface area (TPSA) is 33.1 Å². The van der Waals surface area contributed by atoms with E-state index in [4.69, 9.17) is 10.1 Å². The van der Waals surface area contributed by atoms with E-state index in [0.717, 1.165) is 16.7 Å². The van der Waals surface area contributed by atoms with Crippen LogP contribution < -0.4 is 0 Å². The number of hydrogen-bond donors (Lipinski definition) is 1. The molecule has 0 atom stereocenters. The van der Waals surface area contributed by atoms with E-state index in [9.17, 15) is 0 Å². The summed E-state index contributed by atoms with van der Waals surface area (Å²) in [6.45, 7) is 2.40. The van der Waals surface area contributed by atoms with Gasteiger partial charge >= 0.3 is 0 Å². The van der Waals surface area contributed by atoms with Crippen molar-refractivity contribution < 1.29 is 4.74 Å². The first-order valence-corrected chi connectivity index (χ1v) is 5.69. The first-order valence-electron chi connectivity index (χ1n) is 5.69. The van der Waals surface area contributed by atoms with Crippen molar-refractivity contribution in [1.29, 1.82) is 5.41 Å². The third-order valence-electron chi connectivity index (χ3n) is 2.55. The van der Waals surface area contributed by atoms with Crippen molar-refractivity contribution >= 4 is 5.90 Å². The maximum absolute atomic E-state index is 7.90. The summed E-state index contributed by atoms with van der Waals surface area (Å²) < 4.78 is 5.27. The maximum atomic E-state index is 7.90. The summed E-state index contributed by atoms with van der Waals surface area (Å²) in [6.07, 6.45) is 0. The highest BCUT2D eigenvalue weighted by Crippen LogP contribution is 2.23. The molecule has 0 saturated heterocycles. The zero-order chi connectivity index (χ0) is 12.1. The fourth-order valence-electron chi connectivity index (χ4n) is 1.77. The van der Waals surface area contributed by atoms with Crippen molar-refractivity contribution in [2.24, 2.45) is 0 Å². The highest BCUT2D eigenvalue weighted by atomic mass is 16.5. The van der Waals surface area contributed by atoms with E-state index in [1.165, 1.54) is 0 Å². The molecule has 0 heterocycles. The van der Waals surface area contributed by atoms with Crippen molar-refractivity contribution in [3.05, 3.63) is 60.2 Å². The second-order valence-electron chi connectivity index (χ2n) is 3.67. The van der Waals surface area contributed by atoms with Crippen molar-refractivity contribution in [2.45, 2.75) is 6.92 Å². The van der Waals surface area contributed by atoms with Gasteiger partial charge in [0.05, 0.1) is 6.61 Å². The zero-order valence-corrected chi connectivity index (χ0v) is 9.81. The van der Waals surface area contributed by atoms with Crippen LogP contribution in [0.25, 0.3) is 11.1 Å². The Hall–Kier alpha value is -2.09. The van der Waals surface area contributed by atoms with Gasteiger partial charge in [0.1, 0.15) is 0 Å². The number of benzene rings is 2. The Balaban J connectivity index is 2.45. The van der Waals surface area contributed by atoms with Crippen molar-refractivity contribution in [2.75, 3.05) is 6.61 Å². The lowest BCUT2D eigenvalue weighted by Gasteiger charge is -2.10.